The summed E-state index contributed by atoms with van der Waals surface area (Å²) in [6, 6.07) is 7.07. The predicted octanol–water partition coefficient (Wildman–Crippen LogP) is 5.62. The van der Waals surface area contributed by atoms with Crippen LogP contribution in [0.3, 0.4) is 0 Å². The van der Waals surface area contributed by atoms with Crippen LogP contribution in [0.5, 0.6) is 0 Å². The molecule has 0 fully saturated rings. The van der Waals surface area contributed by atoms with Crippen LogP contribution in [0.15, 0.2) is 30.3 Å². The van der Waals surface area contributed by atoms with Crippen LogP contribution in [-0.2, 0) is 18.3 Å². The smallest absolute Gasteiger partial charge is 0.415 e. The van der Waals surface area contributed by atoms with Gasteiger partial charge in [-0.2, -0.15) is 0 Å². The summed E-state index contributed by atoms with van der Waals surface area (Å²) < 4.78 is 27.4. The molecule has 1 heterocycles. The second-order valence-electron chi connectivity index (χ2n) is 5.25. The lowest BCUT2D eigenvalue weighted by atomic mass is 10.1. The van der Waals surface area contributed by atoms with Crippen LogP contribution >= 0.6 is 42.4 Å². The molecular weight excluding hydrogens is 424 g/mol. The molecule has 0 aliphatic carbocycles. The summed E-state index contributed by atoms with van der Waals surface area (Å²) in [5.74, 6) is -1.000. The molecule has 0 aromatic heterocycles. The van der Waals surface area contributed by atoms with Gasteiger partial charge in [-0.15, -0.1) is 0 Å². The van der Waals surface area contributed by atoms with Gasteiger partial charge in [0.2, 0.25) is 3.79 Å². The van der Waals surface area contributed by atoms with Crippen molar-refractivity contribution >= 4 is 60.3 Å². The number of carbonyl (C=O) groups excluding carboxylic acids is 1. The molecule has 1 unspecified atom stereocenters. The third kappa shape index (κ3) is 5.16. The number of ether oxygens (including phenoxy) is 1. The third-order valence-electron chi connectivity index (χ3n) is 3.41. The average Bonchev–Trinajstić information content (AvgIpc) is 2.58. The summed E-state index contributed by atoms with van der Waals surface area (Å²) >= 11 is 17.0. The van der Waals surface area contributed by atoms with Gasteiger partial charge in [0, 0.05) is 0 Å². The molecule has 0 N–H and O–H groups in total. The van der Waals surface area contributed by atoms with Crippen molar-refractivity contribution in [1.29, 1.82) is 0 Å². The molecule has 10 heteroatoms. The molecule has 1 aliphatic heterocycles. The number of hydrogen-bond donors (Lipinski definition) is 0. The molecule has 0 spiro atoms. The predicted molar refractivity (Wildman–Crippen MR) is 104 cm³/mol. The molecule has 0 saturated heterocycles. The second-order valence-corrected chi connectivity index (χ2v) is 9.89. The van der Waals surface area contributed by atoms with E-state index in [1.165, 1.54) is 4.90 Å². The van der Waals surface area contributed by atoms with Crippen molar-refractivity contribution in [3.63, 3.8) is 0 Å². The Morgan fingerprint density at radius 1 is 1.19 bits per heavy atom. The van der Waals surface area contributed by atoms with Gasteiger partial charge < -0.3 is 13.8 Å². The normalized spacial score (nSPS) is 17.1. The summed E-state index contributed by atoms with van der Waals surface area (Å²) in [6.45, 7) is 3.23. The van der Waals surface area contributed by atoms with Gasteiger partial charge >= 0.3 is 13.7 Å². The van der Waals surface area contributed by atoms with E-state index in [-0.39, 0.29) is 13.2 Å². The number of alkyl halides is 3. The standard InChI is InChI=1S/C16H19Cl3NO5P/c1-3-24-26(22,25-4-2)14-10-9-12-7-5-6-8-13(12)20(14)15(21)23-11-16(17,18)19/h5-10,14H,3-4,11H2,1-2H3. The van der Waals surface area contributed by atoms with Gasteiger partial charge in [0.25, 0.3) is 0 Å². The Morgan fingerprint density at radius 2 is 1.81 bits per heavy atom. The highest BCUT2D eigenvalue weighted by Gasteiger charge is 2.44. The number of amides is 1. The number of halogens is 3. The Bertz CT molecular complexity index is 712. The van der Waals surface area contributed by atoms with Gasteiger partial charge in [0.05, 0.1) is 18.9 Å². The minimum absolute atomic E-state index is 0.153. The number of carbonyl (C=O) groups is 1. The number of rotatable bonds is 6. The van der Waals surface area contributed by atoms with Crippen LogP contribution in [-0.4, -0.2) is 35.5 Å². The molecule has 0 bridgehead atoms. The fourth-order valence-corrected chi connectivity index (χ4v) is 4.54. The second kappa shape index (κ2) is 8.96. The number of hydrogen-bond acceptors (Lipinski definition) is 5. The summed E-state index contributed by atoms with van der Waals surface area (Å²) in [7, 11) is -3.69. The highest BCUT2D eigenvalue weighted by molar-refractivity contribution is 7.55. The van der Waals surface area contributed by atoms with E-state index in [9.17, 15) is 9.36 Å². The number of benzene rings is 1. The minimum Gasteiger partial charge on any atom is -0.445 e. The van der Waals surface area contributed by atoms with Crippen LogP contribution < -0.4 is 4.90 Å². The van der Waals surface area contributed by atoms with Crippen molar-refractivity contribution in [2.75, 3.05) is 24.7 Å². The summed E-state index contributed by atoms with van der Waals surface area (Å²) in [5, 5.41) is 0. The van der Waals surface area contributed by atoms with Crippen molar-refractivity contribution in [1.82, 2.24) is 0 Å². The van der Waals surface area contributed by atoms with Crippen molar-refractivity contribution in [3.8, 4) is 0 Å². The highest BCUT2D eigenvalue weighted by atomic mass is 35.6. The fraction of sp³-hybridized carbons (Fsp3) is 0.438. The van der Waals surface area contributed by atoms with Gasteiger partial charge in [-0.25, -0.2) is 4.79 Å². The lowest BCUT2D eigenvalue weighted by Gasteiger charge is -2.36. The van der Waals surface area contributed by atoms with E-state index in [0.717, 1.165) is 5.56 Å². The molecule has 2 rings (SSSR count). The Labute approximate surface area is 167 Å². The summed E-state index contributed by atoms with van der Waals surface area (Å²) in [6.07, 6.45) is 2.52. The Kier molecular flexibility index (Phi) is 7.43. The topological polar surface area (TPSA) is 65.1 Å². The van der Waals surface area contributed by atoms with E-state index in [4.69, 9.17) is 48.6 Å². The lowest BCUT2D eigenvalue weighted by Crippen LogP contribution is -2.43. The SMILES string of the molecule is CCOP(=O)(OCC)C1C=Cc2ccccc2N1C(=O)OCC(Cl)(Cl)Cl. The Morgan fingerprint density at radius 3 is 2.38 bits per heavy atom. The van der Waals surface area contributed by atoms with Crippen LogP contribution in [0.25, 0.3) is 6.08 Å². The van der Waals surface area contributed by atoms with Gasteiger partial charge in [-0.3, -0.25) is 9.46 Å². The van der Waals surface area contributed by atoms with Crippen molar-refractivity contribution < 1.29 is 23.1 Å². The fourth-order valence-electron chi connectivity index (χ4n) is 2.48. The van der Waals surface area contributed by atoms with E-state index in [0.29, 0.717) is 5.69 Å². The molecular formula is C16H19Cl3NO5P. The molecule has 1 aromatic carbocycles. The Balaban J connectivity index is 2.43. The first-order chi connectivity index (χ1) is 12.2. The van der Waals surface area contributed by atoms with Crippen LogP contribution in [0.4, 0.5) is 10.5 Å². The average molecular weight is 443 g/mol. The quantitative estimate of drug-likeness (QED) is 0.423. The van der Waals surface area contributed by atoms with Crippen LogP contribution in [0.1, 0.15) is 19.4 Å². The number of fused-ring (bicyclic) bond motifs is 1. The molecule has 1 atom stereocenters. The van der Waals surface area contributed by atoms with Crippen LogP contribution in [0, 0.1) is 0 Å². The maximum absolute atomic E-state index is 13.3. The maximum Gasteiger partial charge on any atom is 0.415 e. The molecule has 1 aliphatic rings. The van der Waals surface area contributed by atoms with Gasteiger partial charge in [0.15, 0.2) is 5.78 Å². The number of para-hydroxylation sites is 1. The first-order valence-corrected chi connectivity index (χ1v) is 10.6. The van der Waals surface area contributed by atoms with Crippen molar-refractivity contribution in [2.45, 2.75) is 23.4 Å². The molecule has 0 radical (unpaired) electrons. The first-order valence-electron chi connectivity index (χ1n) is 7.90. The van der Waals surface area contributed by atoms with Crippen LogP contribution in [0.2, 0.25) is 0 Å². The molecule has 144 valence electrons. The largest absolute Gasteiger partial charge is 0.445 e. The Hall–Kier alpha value is -0.750. The van der Waals surface area contributed by atoms with Crippen molar-refractivity contribution in [3.05, 3.63) is 35.9 Å². The molecule has 1 amide bonds. The minimum atomic E-state index is -3.69. The zero-order valence-corrected chi connectivity index (χ0v) is 17.4. The summed E-state index contributed by atoms with van der Waals surface area (Å²) in [4.78, 5) is 13.9. The summed E-state index contributed by atoms with van der Waals surface area (Å²) in [5.41, 5.74) is 1.24. The zero-order chi connectivity index (χ0) is 19.4. The first kappa shape index (κ1) is 21.5. The molecule has 1 aromatic rings. The van der Waals surface area contributed by atoms with E-state index in [1.807, 2.05) is 12.1 Å². The monoisotopic (exact) mass is 441 g/mol. The number of nitrogens with zero attached hydrogens (tertiary/aromatic N) is 1. The number of anilines is 1. The maximum atomic E-state index is 13.3. The lowest BCUT2D eigenvalue weighted by molar-refractivity contribution is 0.153. The highest BCUT2D eigenvalue weighted by Crippen LogP contribution is 2.57. The van der Waals surface area contributed by atoms with E-state index < -0.39 is 29.9 Å². The molecule has 0 saturated carbocycles. The van der Waals surface area contributed by atoms with Gasteiger partial charge in [-0.05, 0) is 31.6 Å². The van der Waals surface area contributed by atoms with E-state index >= 15 is 0 Å². The van der Waals surface area contributed by atoms with Gasteiger partial charge in [-0.1, -0.05) is 59.1 Å². The van der Waals surface area contributed by atoms with Crippen molar-refractivity contribution in [2.24, 2.45) is 0 Å². The molecule has 26 heavy (non-hydrogen) atoms. The zero-order valence-electron chi connectivity index (χ0n) is 14.2. The van der Waals surface area contributed by atoms with E-state index in [2.05, 4.69) is 0 Å². The molecule has 6 nitrogen and oxygen atoms in total. The third-order valence-corrected chi connectivity index (χ3v) is 6.02. The van der Waals surface area contributed by atoms with Gasteiger partial charge in [0.1, 0.15) is 6.61 Å². The van der Waals surface area contributed by atoms with E-state index in [1.54, 1.807) is 38.1 Å².